The lowest BCUT2D eigenvalue weighted by atomic mass is 10.1. The van der Waals surface area contributed by atoms with Gasteiger partial charge >= 0.3 is 0 Å². The first-order valence-corrected chi connectivity index (χ1v) is 8.29. The molecule has 1 rings (SSSR count). The second kappa shape index (κ2) is 6.91. The molecule has 0 fully saturated rings. The zero-order valence-corrected chi connectivity index (χ0v) is 12.8. The van der Waals surface area contributed by atoms with E-state index in [1.165, 1.54) is 25.3 Å². The summed E-state index contributed by atoms with van der Waals surface area (Å²) >= 11 is 0. The van der Waals surface area contributed by atoms with Gasteiger partial charge in [0.2, 0.25) is 10.0 Å². The van der Waals surface area contributed by atoms with E-state index in [0.29, 0.717) is 6.04 Å². The highest BCUT2D eigenvalue weighted by molar-refractivity contribution is 7.89. The number of primary sulfonamides is 1. The summed E-state index contributed by atoms with van der Waals surface area (Å²) in [5.41, 5.74) is 1.87. The molecular formula is C14H24N2O2S. The van der Waals surface area contributed by atoms with Gasteiger partial charge < -0.3 is 5.32 Å². The van der Waals surface area contributed by atoms with Crippen LogP contribution in [0.3, 0.4) is 0 Å². The molecule has 108 valence electrons. The van der Waals surface area contributed by atoms with Gasteiger partial charge in [-0.15, -0.1) is 0 Å². The zero-order chi connectivity index (χ0) is 14.5. The summed E-state index contributed by atoms with van der Waals surface area (Å²) in [5, 5.41) is 8.51. The maximum absolute atomic E-state index is 11.3. The standard InChI is InChI=1S/C14H24N2O2S/c1-4-5-6-7-12(3)16-14-10-13(19(15,17)18)9-8-11(14)2/h8-10,12,16H,4-7H2,1-3H3,(H2,15,17,18). The van der Waals surface area contributed by atoms with Gasteiger partial charge in [0.1, 0.15) is 0 Å². The van der Waals surface area contributed by atoms with Gasteiger partial charge in [-0.3, -0.25) is 0 Å². The fourth-order valence-electron chi connectivity index (χ4n) is 1.97. The van der Waals surface area contributed by atoms with Crippen LogP contribution in [-0.4, -0.2) is 14.5 Å². The molecular weight excluding hydrogens is 260 g/mol. The van der Waals surface area contributed by atoms with Crippen LogP contribution in [0.4, 0.5) is 5.69 Å². The Morgan fingerprint density at radius 1 is 1.32 bits per heavy atom. The van der Waals surface area contributed by atoms with Gasteiger partial charge in [-0.25, -0.2) is 13.6 Å². The topological polar surface area (TPSA) is 72.2 Å². The van der Waals surface area contributed by atoms with Gasteiger partial charge in [0.05, 0.1) is 4.90 Å². The summed E-state index contributed by atoms with van der Waals surface area (Å²) in [7, 11) is -3.64. The van der Waals surface area contributed by atoms with Crippen LogP contribution in [-0.2, 0) is 10.0 Å². The summed E-state index contributed by atoms with van der Waals surface area (Å²) in [6.45, 7) is 6.24. The fraction of sp³-hybridized carbons (Fsp3) is 0.571. The van der Waals surface area contributed by atoms with E-state index in [4.69, 9.17) is 5.14 Å². The van der Waals surface area contributed by atoms with E-state index >= 15 is 0 Å². The van der Waals surface area contributed by atoms with E-state index in [0.717, 1.165) is 17.7 Å². The first-order chi connectivity index (χ1) is 8.84. The molecule has 0 heterocycles. The van der Waals surface area contributed by atoms with E-state index in [1.54, 1.807) is 12.1 Å². The molecule has 0 aromatic heterocycles. The second-order valence-corrected chi connectivity index (χ2v) is 6.62. The molecule has 5 heteroatoms. The second-order valence-electron chi connectivity index (χ2n) is 5.06. The molecule has 0 radical (unpaired) electrons. The largest absolute Gasteiger partial charge is 0.382 e. The quantitative estimate of drug-likeness (QED) is 0.756. The monoisotopic (exact) mass is 284 g/mol. The van der Waals surface area contributed by atoms with Crippen LogP contribution >= 0.6 is 0 Å². The van der Waals surface area contributed by atoms with Gasteiger partial charge in [0.25, 0.3) is 0 Å². The molecule has 0 spiro atoms. The molecule has 1 aromatic rings. The smallest absolute Gasteiger partial charge is 0.238 e. The molecule has 0 amide bonds. The average molecular weight is 284 g/mol. The number of anilines is 1. The van der Waals surface area contributed by atoms with Gasteiger partial charge in [-0.05, 0) is 38.0 Å². The number of unbranched alkanes of at least 4 members (excludes halogenated alkanes) is 2. The third-order valence-corrected chi connectivity index (χ3v) is 4.09. The molecule has 0 aliphatic carbocycles. The molecule has 0 saturated carbocycles. The van der Waals surface area contributed by atoms with Crippen molar-refractivity contribution in [1.82, 2.24) is 0 Å². The fourth-order valence-corrected chi connectivity index (χ4v) is 2.51. The Kier molecular flexibility index (Phi) is 5.82. The van der Waals surface area contributed by atoms with Crippen LogP contribution in [0.25, 0.3) is 0 Å². The van der Waals surface area contributed by atoms with Gasteiger partial charge in [0, 0.05) is 11.7 Å². The number of sulfonamides is 1. The number of nitrogens with one attached hydrogen (secondary N) is 1. The number of rotatable bonds is 7. The van der Waals surface area contributed by atoms with Crippen LogP contribution in [0.2, 0.25) is 0 Å². The Labute approximate surface area is 116 Å². The Bertz CT molecular complexity index is 512. The maximum atomic E-state index is 11.3. The molecule has 1 unspecified atom stereocenters. The summed E-state index contributed by atoms with van der Waals surface area (Å²) in [4.78, 5) is 0.154. The predicted molar refractivity (Wildman–Crippen MR) is 79.8 cm³/mol. The molecule has 0 bridgehead atoms. The average Bonchev–Trinajstić information content (AvgIpc) is 2.31. The molecule has 1 atom stereocenters. The maximum Gasteiger partial charge on any atom is 0.238 e. The molecule has 4 nitrogen and oxygen atoms in total. The first-order valence-electron chi connectivity index (χ1n) is 6.74. The lowest BCUT2D eigenvalue weighted by molar-refractivity contribution is 0.597. The summed E-state index contributed by atoms with van der Waals surface area (Å²) < 4.78 is 22.7. The lowest BCUT2D eigenvalue weighted by Gasteiger charge is -2.17. The zero-order valence-electron chi connectivity index (χ0n) is 11.9. The van der Waals surface area contributed by atoms with Gasteiger partial charge in [-0.1, -0.05) is 32.3 Å². The van der Waals surface area contributed by atoms with Crippen LogP contribution in [0.5, 0.6) is 0 Å². The van der Waals surface area contributed by atoms with Gasteiger partial charge in [0.15, 0.2) is 0 Å². The van der Waals surface area contributed by atoms with Crippen molar-refractivity contribution < 1.29 is 8.42 Å². The molecule has 3 N–H and O–H groups in total. The highest BCUT2D eigenvalue weighted by Gasteiger charge is 2.11. The molecule has 1 aromatic carbocycles. The number of hydrogen-bond acceptors (Lipinski definition) is 3. The summed E-state index contributed by atoms with van der Waals surface area (Å²) in [6.07, 6.45) is 4.68. The molecule has 0 aliphatic heterocycles. The Morgan fingerprint density at radius 2 is 2.00 bits per heavy atom. The molecule has 19 heavy (non-hydrogen) atoms. The van der Waals surface area contributed by atoms with Crippen molar-refractivity contribution in [3.05, 3.63) is 23.8 Å². The van der Waals surface area contributed by atoms with Crippen molar-refractivity contribution in [2.24, 2.45) is 5.14 Å². The van der Waals surface area contributed by atoms with Crippen LogP contribution in [0, 0.1) is 6.92 Å². The minimum Gasteiger partial charge on any atom is -0.382 e. The molecule has 0 aliphatic rings. The minimum absolute atomic E-state index is 0.154. The van der Waals surface area contributed by atoms with E-state index in [2.05, 4.69) is 19.2 Å². The number of nitrogens with two attached hydrogens (primary N) is 1. The Hall–Kier alpha value is -1.07. The van der Waals surface area contributed by atoms with Crippen LogP contribution in [0.1, 0.15) is 45.1 Å². The summed E-state index contributed by atoms with van der Waals surface area (Å²) in [5.74, 6) is 0. The van der Waals surface area contributed by atoms with Crippen molar-refractivity contribution in [1.29, 1.82) is 0 Å². The molecule has 0 saturated heterocycles. The van der Waals surface area contributed by atoms with Crippen molar-refractivity contribution in [2.45, 2.75) is 57.4 Å². The Morgan fingerprint density at radius 3 is 2.58 bits per heavy atom. The Balaban J connectivity index is 2.77. The van der Waals surface area contributed by atoms with Crippen LogP contribution in [0.15, 0.2) is 23.1 Å². The van der Waals surface area contributed by atoms with Crippen molar-refractivity contribution in [3.63, 3.8) is 0 Å². The van der Waals surface area contributed by atoms with E-state index in [1.807, 2.05) is 6.92 Å². The normalized spacial score (nSPS) is 13.3. The minimum atomic E-state index is -3.64. The van der Waals surface area contributed by atoms with Crippen molar-refractivity contribution >= 4 is 15.7 Å². The number of hydrogen-bond donors (Lipinski definition) is 2. The summed E-state index contributed by atoms with van der Waals surface area (Å²) in [6, 6.07) is 5.25. The number of benzene rings is 1. The third-order valence-electron chi connectivity index (χ3n) is 3.18. The van der Waals surface area contributed by atoms with Crippen LogP contribution < -0.4 is 10.5 Å². The van der Waals surface area contributed by atoms with Crippen molar-refractivity contribution in [2.75, 3.05) is 5.32 Å². The van der Waals surface area contributed by atoms with E-state index < -0.39 is 10.0 Å². The highest BCUT2D eigenvalue weighted by atomic mass is 32.2. The SMILES string of the molecule is CCCCCC(C)Nc1cc(S(N)(=O)=O)ccc1C. The van der Waals surface area contributed by atoms with Crippen molar-refractivity contribution in [3.8, 4) is 0 Å². The van der Waals surface area contributed by atoms with E-state index in [-0.39, 0.29) is 4.90 Å². The van der Waals surface area contributed by atoms with E-state index in [9.17, 15) is 8.42 Å². The predicted octanol–water partition coefficient (Wildman–Crippen LogP) is 3.02. The highest BCUT2D eigenvalue weighted by Crippen LogP contribution is 2.21. The number of aryl methyl sites for hydroxylation is 1. The third kappa shape index (κ3) is 5.20. The lowest BCUT2D eigenvalue weighted by Crippen LogP contribution is -2.17. The first kappa shape index (κ1) is 16.0. The van der Waals surface area contributed by atoms with Gasteiger partial charge in [-0.2, -0.15) is 0 Å².